The summed E-state index contributed by atoms with van der Waals surface area (Å²) in [6, 6.07) is 2.04. The van der Waals surface area contributed by atoms with E-state index in [1.807, 2.05) is 56.1 Å². The minimum absolute atomic E-state index is 0.122. The van der Waals surface area contributed by atoms with Gasteiger partial charge in [-0.25, -0.2) is 9.67 Å². The molecule has 2 aromatic rings. The van der Waals surface area contributed by atoms with E-state index in [1.54, 1.807) is 0 Å². The average Bonchev–Trinajstić information content (AvgIpc) is 3.01. The lowest BCUT2D eigenvalue weighted by molar-refractivity contribution is 0.0937. The number of amides is 1. The molecule has 0 aliphatic heterocycles. The number of nitrogens with one attached hydrogen (secondary N) is 1. The highest BCUT2D eigenvalue weighted by atomic mass is 79.9. The monoisotopic (exact) mass is 367 g/mol. The van der Waals surface area contributed by atoms with Crippen LogP contribution in [0.2, 0.25) is 0 Å². The first-order valence-corrected chi connectivity index (χ1v) is 8.04. The molecule has 0 bridgehead atoms. The molecule has 0 spiro atoms. The molecule has 0 saturated heterocycles. The molecular formula is C15H22BrN5O. The molecule has 0 unspecified atom stereocenters. The van der Waals surface area contributed by atoms with Gasteiger partial charge >= 0.3 is 0 Å². The molecule has 0 aliphatic rings. The Morgan fingerprint density at radius 1 is 1.41 bits per heavy atom. The number of rotatable bonds is 4. The van der Waals surface area contributed by atoms with Crippen LogP contribution in [0.4, 0.5) is 0 Å². The van der Waals surface area contributed by atoms with E-state index < -0.39 is 0 Å². The van der Waals surface area contributed by atoms with Crippen molar-refractivity contribution in [2.24, 2.45) is 0 Å². The lowest BCUT2D eigenvalue weighted by Crippen LogP contribution is -2.31. The zero-order chi connectivity index (χ0) is 16.5. The van der Waals surface area contributed by atoms with Gasteiger partial charge in [0.25, 0.3) is 5.91 Å². The van der Waals surface area contributed by atoms with Crippen LogP contribution < -0.4 is 5.32 Å². The van der Waals surface area contributed by atoms with Crippen LogP contribution in [0.15, 0.2) is 23.1 Å². The molecule has 7 heteroatoms. The van der Waals surface area contributed by atoms with Gasteiger partial charge in [-0.15, -0.1) is 0 Å². The Balaban J connectivity index is 2.13. The topological polar surface area (TPSA) is 64.7 Å². The molecule has 2 aromatic heterocycles. The molecule has 1 amide bonds. The SMILES string of the molecule is CC(C)n1cc(Br)cc1C(=O)NCc1ncnn1C(C)(C)C. The van der Waals surface area contributed by atoms with Crippen molar-refractivity contribution in [2.75, 3.05) is 0 Å². The quantitative estimate of drug-likeness (QED) is 0.902. The zero-order valence-corrected chi connectivity index (χ0v) is 15.2. The van der Waals surface area contributed by atoms with E-state index in [9.17, 15) is 4.79 Å². The van der Waals surface area contributed by atoms with Crippen LogP contribution in [-0.4, -0.2) is 25.2 Å². The minimum atomic E-state index is -0.169. The third-order valence-electron chi connectivity index (χ3n) is 3.26. The Labute approximate surface area is 139 Å². The standard InChI is InChI=1S/C15H22BrN5O/c1-10(2)20-8-11(16)6-12(20)14(22)17-7-13-18-9-19-21(13)15(3,4)5/h6,8-10H,7H2,1-5H3,(H,17,22). The van der Waals surface area contributed by atoms with Gasteiger partial charge in [0.1, 0.15) is 17.8 Å². The highest BCUT2D eigenvalue weighted by molar-refractivity contribution is 9.10. The predicted molar refractivity (Wildman–Crippen MR) is 88.7 cm³/mol. The Bertz CT molecular complexity index is 666. The van der Waals surface area contributed by atoms with E-state index in [2.05, 4.69) is 31.3 Å². The Hall–Kier alpha value is -1.63. The summed E-state index contributed by atoms with van der Waals surface area (Å²) in [5.74, 6) is 0.616. The van der Waals surface area contributed by atoms with E-state index >= 15 is 0 Å². The van der Waals surface area contributed by atoms with E-state index in [4.69, 9.17) is 0 Å². The van der Waals surface area contributed by atoms with Crippen molar-refractivity contribution >= 4 is 21.8 Å². The second-order valence-corrected chi connectivity index (χ2v) is 7.40. The maximum atomic E-state index is 12.4. The second-order valence-electron chi connectivity index (χ2n) is 6.49. The molecule has 0 aromatic carbocycles. The van der Waals surface area contributed by atoms with E-state index in [0.29, 0.717) is 12.2 Å². The second kappa shape index (κ2) is 6.24. The third-order valence-corrected chi connectivity index (χ3v) is 3.70. The van der Waals surface area contributed by atoms with Gasteiger partial charge in [0.2, 0.25) is 0 Å². The van der Waals surface area contributed by atoms with Crippen LogP contribution in [0.25, 0.3) is 0 Å². The first-order valence-electron chi connectivity index (χ1n) is 7.25. The lowest BCUT2D eigenvalue weighted by atomic mass is 10.1. The van der Waals surface area contributed by atoms with E-state index in [1.165, 1.54) is 6.33 Å². The van der Waals surface area contributed by atoms with Crippen molar-refractivity contribution in [2.45, 2.75) is 52.7 Å². The highest BCUT2D eigenvalue weighted by Crippen LogP contribution is 2.19. The van der Waals surface area contributed by atoms with Gasteiger partial charge in [0, 0.05) is 16.7 Å². The van der Waals surface area contributed by atoms with Gasteiger partial charge < -0.3 is 9.88 Å². The highest BCUT2D eigenvalue weighted by Gasteiger charge is 2.20. The number of hydrogen-bond donors (Lipinski definition) is 1. The zero-order valence-electron chi connectivity index (χ0n) is 13.6. The Morgan fingerprint density at radius 3 is 2.68 bits per heavy atom. The summed E-state index contributed by atoms with van der Waals surface area (Å²) in [6.45, 7) is 10.6. The van der Waals surface area contributed by atoms with E-state index in [0.717, 1.165) is 10.3 Å². The van der Waals surface area contributed by atoms with Gasteiger partial charge in [-0.3, -0.25) is 4.79 Å². The number of aromatic nitrogens is 4. The van der Waals surface area contributed by atoms with Crippen LogP contribution in [0.1, 0.15) is 57.0 Å². The predicted octanol–water partition coefficient (Wildman–Crippen LogP) is 3.11. The largest absolute Gasteiger partial charge is 0.343 e. The van der Waals surface area contributed by atoms with Crippen molar-refractivity contribution in [1.29, 1.82) is 0 Å². The summed E-state index contributed by atoms with van der Waals surface area (Å²) in [5.41, 5.74) is 0.460. The van der Waals surface area contributed by atoms with Crippen LogP contribution in [0.3, 0.4) is 0 Å². The molecule has 1 N–H and O–H groups in total. The summed E-state index contributed by atoms with van der Waals surface area (Å²) in [4.78, 5) is 16.7. The maximum Gasteiger partial charge on any atom is 0.268 e. The lowest BCUT2D eigenvalue weighted by Gasteiger charge is -2.21. The first-order chi connectivity index (χ1) is 10.2. The smallest absolute Gasteiger partial charge is 0.268 e. The van der Waals surface area contributed by atoms with Gasteiger partial charge in [0.15, 0.2) is 0 Å². The molecule has 0 atom stereocenters. The first kappa shape index (κ1) is 16.7. The van der Waals surface area contributed by atoms with Crippen LogP contribution in [0.5, 0.6) is 0 Å². The molecule has 0 saturated carbocycles. The van der Waals surface area contributed by atoms with Crippen LogP contribution in [-0.2, 0) is 12.1 Å². The molecule has 0 radical (unpaired) electrons. The average molecular weight is 368 g/mol. The summed E-state index contributed by atoms with van der Waals surface area (Å²) in [5, 5.41) is 7.15. The van der Waals surface area contributed by atoms with Gasteiger partial charge in [0.05, 0.1) is 12.1 Å². The summed E-state index contributed by atoms with van der Waals surface area (Å²) in [6.07, 6.45) is 3.43. The van der Waals surface area contributed by atoms with Crippen LogP contribution >= 0.6 is 15.9 Å². The number of carbonyl (C=O) groups excluding carboxylic acids is 1. The fourth-order valence-electron chi connectivity index (χ4n) is 2.25. The third kappa shape index (κ3) is 3.58. The number of nitrogens with zero attached hydrogens (tertiary/aromatic N) is 4. The molecule has 0 fully saturated rings. The van der Waals surface area contributed by atoms with Crippen molar-refractivity contribution < 1.29 is 4.79 Å². The number of carbonyl (C=O) groups is 1. The molecule has 6 nitrogen and oxygen atoms in total. The number of hydrogen-bond acceptors (Lipinski definition) is 3. The van der Waals surface area contributed by atoms with Crippen molar-refractivity contribution in [3.63, 3.8) is 0 Å². The molecular weight excluding hydrogens is 346 g/mol. The summed E-state index contributed by atoms with van der Waals surface area (Å²) < 4.78 is 4.66. The van der Waals surface area contributed by atoms with Crippen molar-refractivity contribution in [1.82, 2.24) is 24.6 Å². The Kier molecular flexibility index (Phi) is 4.75. The molecule has 22 heavy (non-hydrogen) atoms. The van der Waals surface area contributed by atoms with Gasteiger partial charge in [-0.2, -0.15) is 5.10 Å². The fourth-order valence-corrected chi connectivity index (χ4v) is 2.69. The van der Waals surface area contributed by atoms with Gasteiger partial charge in [-0.1, -0.05) is 0 Å². The molecule has 2 heterocycles. The van der Waals surface area contributed by atoms with E-state index in [-0.39, 0.29) is 17.5 Å². The minimum Gasteiger partial charge on any atom is -0.343 e. The molecule has 0 aliphatic carbocycles. The van der Waals surface area contributed by atoms with Crippen molar-refractivity contribution in [3.8, 4) is 0 Å². The maximum absolute atomic E-state index is 12.4. The number of halogens is 1. The summed E-state index contributed by atoms with van der Waals surface area (Å²) >= 11 is 3.42. The normalized spacial score (nSPS) is 12.0. The molecule has 120 valence electrons. The van der Waals surface area contributed by atoms with Crippen molar-refractivity contribution in [3.05, 3.63) is 34.6 Å². The Morgan fingerprint density at radius 2 is 2.09 bits per heavy atom. The fraction of sp³-hybridized carbons (Fsp3) is 0.533. The van der Waals surface area contributed by atoms with Crippen LogP contribution in [0, 0.1) is 0 Å². The molecule has 2 rings (SSSR count). The van der Waals surface area contributed by atoms with Gasteiger partial charge in [-0.05, 0) is 56.6 Å². The summed E-state index contributed by atoms with van der Waals surface area (Å²) in [7, 11) is 0.